The van der Waals surface area contributed by atoms with E-state index in [0.717, 1.165) is 31.6 Å². The minimum absolute atomic E-state index is 0.0279. The number of hydrogen-bond acceptors (Lipinski definition) is 5. The first kappa shape index (κ1) is 18.9. The summed E-state index contributed by atoms with van der Waals surface area (Å²) >= 11 is 7.99. The van der Waals surface area contributed by atoms with Crippen LogP contribution in [0.2, 0.25) is 5.02 Å². The molecule has 0 aliphatic carbocycles. The van der Waals surface area contributed by atoms with E-state index >= 15 is 0 Å². The molecule has 6 rings (SSSR count). The maximum atomic E-state index is 12.9. The smallest absolute Gasteiger partial charge is 0.200 e. The van der Waals surface area contributed by atoms with Gasteiger partial charge in [-0.2, -0.15) is 0 Å². The highest BCUT2D eigenvalue weighted by molar-refractivity contribution is 7.26. The fraction of sp³-hybridized carbons (Fsp3) is 0.160. The molecule has 3 heterocycles. The molecule has 154 valence electrons. The van der Waals surface area contributed by atoms with E-state index in [2.05, 4.69) is 23.1 Å². The standard InChI is InChI=1S/C25H18ClNO3S/c26-15-7-8-22-20(13-15)18-5-2-4-17(25(18)31-22)16-3-1-6-19-21(28)14-23(30-24(16)19)27-9-11-29-12-10-27/h1-8,13-14H,9-12H2. The molecule has 2 aromatic heterocycles. The molecule has 0 saturated carbocycles. The van der Waals surface area contributed by atoms with E-state index in [1.165, 1.54) is 4.70 Å². The third kappa shape index (κ3) is 3.12. The van der Waals surface area contributed by atoms with E-state index in [1.807, 2.05) is 36.4 Å². The van der Waals surface area contributed by atoms with Gasteiger partial charge in [0.2, 0.25) is 0 Å². The van der Waals surface area contributed by atoms with Gasteiger partial charge in [-0.1, -0.05) is 41.9 Å². The second-order valence-corrected chi connectivity index (χ2v) is 9.14. The molecule has 31 heavy (non-hydrogen) atoms. The number of fused-ring (bicyclic) bond motifs is 4. The molecule has 6 heteroatoms. The second-order valence-electron chi connectivity index (χ2n) is 7.66. The number of hydrogen-bond donors (Lipinski definition) is 0. The van der Waals surface area contributed by atoms with Crippen molar-refractivity contribution in [3.63, 3.8) is 0 Å². The Balaban J connectivity index is 1.62. The summed E-state index contributed by atoms with van der Waals surface area (Å²) in [5, 5.41) is 3.62. The van der Waals surface area contributed by atoms with Crippen molar-refractivity contribution >= 4 is 60.0 Å². The summed E-state index contributed by atoms with van der Waals surface area (Å²) in [6, 6.07) is 19.6. The number of halogens is 1. The Labute approximate surface area is 187 Å². The Morgan fingerprint density at radius 3 is 2.48 bits per heavy atom. The van der Waals surface area contributed by atoms with Crippen molar-refractivity contribution in [2.24, 2.45) is 0 Å². The first-order chi connectivity index (χ1) is 15.2. The van der Waals surface area contributed by atoms with Gasteiger partial charge in [-0.25, -0.2) is 0 Å². The van der Waals surface area contributed by atoms with Gasteiger partial charge in [0.15, 0.2) is 11.3 Å². The summed E-state index contributed by atoms with van der Waals surface area (Å²) < 4.78 is 14.2. The summed E-state index contributed by atoms with van der Waals surface area (Å²) in [5.41, 5.74) is 2.58. The van der Waals surface area contributed by atoms with Gasteiger partial charge >= 0.3 is 0 Å². The Morgan fingerprint density at radius 1 is 0.871 bits per heavy atom. The molecule has 3 aromatic carbocycles. The van der Waals surface area contributed by atoms with Crippen LogP contribution in [-0.2, 0) is 4.74 Å². The molecule has 0 spiro atoms. The Kier molecular flexibility index (Phi) is 4.49. The average Bonchev–Trinajstić information content (AvgIpc) is 3.17. The molecule has 1 saturated heterocycles. The summed E-state index contributed by atoms with van der Waals surface area (Å²) in [7, 11) is 0. The number of thiophene rings is 1. The van der Waals surface area contributed by atoms with Gasteiger partial charge in [0.1, 0.15) is 5.58 Å². The first-order valence-electron chi connectivity index (χ1n) is 10.2. The largest absolute Gasteiger partial charge is 0.440 e. The molecular formula is C25H18ClNO3S. The van der Waals surface area contributed by atoms with Gasteiger partial charge in [0, 0.05) is 55.5 Å². The van der Waals surface area contributed by atoms with Crippen molar-refractivity contribution in [3.05, 3.63) is 75.9 Å². The van der Waals surface area contributed by atoms with Crippen LogP contribution in [0.5, 0.6) is 0 Å². The lowest BCUT2D eigenvalue weighted by Gasteiger charge is -2.27. The Bertz CT molecular complexity index is 1510. The van der Waals surface area contributed by atoms with Crippen LogP contribution < -0.4 is 10.3 Å². The van der Waals surface area contributed by atoms with Crippen LogP contribution in [0.3, 0.4) is 0 Å². The quantitative estimate of drug-likeness (QED) is 0.317. The molecule has 1 fully saturated rings. The van der Waals surface area contributed by atoms with Crippen molar-refractivity contribution in [2.75, 3.05) is 31.2 Å². The zero-order valence-corrected chi connectivity index (χ0v) is 18.1. The topological polar surface area (TPSA) is 42.7 Å². The van der Waals surface area contributed by atoms with Crippen LogP contribution in [0, 0.1) is 0 Å². The summed E-state index contributed by atoms with van der Waals surface area (Å²) in [6.45, 7) is 2.69. The van der Waals surface area contributed by atoms with E-state index in [4.69, 9.17) is 20.8 Å². The van der Waals surface area contributed by atoms with Gasteiger partial charge in [-0.3, -0.25) is 4.79 Å². The lowest BCUT2D eigenvalue weighted by atomic mass is 10.0. The van der Waals surface area contributed by atoms with Crippen LogP contribution in [0.1, 0.15) is 0 Å². The number of ether oxygens (including phenoxy) is 1. The van der Waals surface area contributed by atoms with Crippen LogP contribution >= 0.6 is 22.9 Å². The van der Waals surface area contributed by atoms with Gasteiger partial charge in [-0.05, 0) is 24.3 Å². The third-order valence-corrected chi connectivity index (χ3v) is 7.27. The Hall–Kier alpha value is -2.86. The first-order valence-corrected chi connectivity index (χ1v) is 11.4. The summed E-state index contributed by atoms with van der Waals surface area (Å²) in [6.07, 6.45) is 0. The zero-order chi connectivity index (χ0) is 20.9. The summed E-state index contributed by atoms with van der Waals surface area (Å²) in [5.74, 6) is 0.601. The van der Waals surface area contributed by atoms with Crippen LogP contribution in [0.15, 0.2) is 69.9 Å². The predicted octanol–water partition coefficient (Wildman–Crippen LogP) is 6.32. The molecule has 0 atom stereocenters. The molecule has 1 aliphatic rings. The minimum Gasteiger partial charge on any atom is -0.440 e. The van der Waals surface area contributed by atoms with Crippen molar-refractivity contribution < 1.29 is 9.15 Å². The van der Waals surface area contributed by atoms with Crippen LogP contribution in [-0.4, -0.2) is 26.3 Å². The second kappa shape index (κ2) is 7.38. The van der Waals surface area contributed by atoms with E-state index in [0.29, 0.717) is 43.2 Å². The number of anilines is 1. The highest BCUT2D eigenvalue weighted by atomic mass is 35.5. The monoisotopic (exact) mass is 447 g/mol. The van der Waals surface area contributed by atoms with Gasteiger partial charge < -0.3 is 14.1 Å². The van der Waals surface area contributed by atoms with Gasteiger partial charge in [-0.15, -0.1) is 11.3 Å². The zero-order valence-electron chi connectivity index (χ0n) is 16.6. The van der Waals surface area contributed by atoms with E-state index in [1.54, 1.807) is 17.4 Å². The fourth-order valence-corrected chi connectivity index (χ4v) is 5.68. The van der Waals surface area contributed by atoms with Gasteiger partial charge in [0.25, 0.3) is 0 Å². The molecule has 0 N–H and O–H groups in total. The van der Waals surface area contributed by atoms with Crippen molar-refractivity contribution in [1.82, 2.24) is 0 Å². The Morgan fingerprint density at radius 2 is 1.65 bits per heavy atom. The summed E-state index contributed by atoms with van der Waals surface area (Å²) in [4.78, 5) is 15.0. The SMILES string of the molecule is O=c1cc(N2CCOCC2)oc2c(-c3cccc4c3sc3ccc(Cl)cc34)cccc12. The molecular weight excluding hydrogens is 430 g/mol. The molecule has 4 nitrogen and oxygen atoms in total. The van der Waals surface area contributed by atoms with Crippen molar-refractivity contribution in [1.29, 1.82) is 0 Å². The van der Waals surface area contributed by atoms with E-state index in [-0.39, 0.29) is 5.43 Å². The maximum absolute atomic E-state index is 12.9. The van der Waals surface area contributed by atoms with E-state index in [9.17, 15) is 4.79 Å². The lowest BCUT2D eigenvalue weighted by molar-refractivity contribution is 0.121. The predicted molar refractivity (Wildman–Crippen MR) is 129 cm³/mol. The van der Waals surface area contributed by atoms with Gasteiger partial charge in [0.05, 0.1) is 18.6 Å². The number of para-hydroxylation sites is 1. The number of benzene rings is 3. The molecule has 0 bridgehead atoms. The number of morpholine rings is 1. The maximum Gasteiger partial charge on any atom is 0.200 e. The van der Waals surface area contributed by atoms with Crippen LogP contribution in [0.25, 0.3) is 42.3 Å². The van der Waals surface area contributed by atoms with Crippen LogP contribution in [0.4, 0.5) is 5.88 Å². The highest BCUT2D eigenvalue weighted by Gasteiger charge is 2.19. The van der Waals surface area contributed by atoms with E-state index < -0.39 is 0 Å². The lowest BCUT2D eigenvalue weighted by Crippen LogP contribution is -2.36. The third-order valence-electron chi connectivity index (χ3n) is 5.81. The average molecular weight is 448 g/mol. The van der Waals surface area contributed by atoms with Crippen molar-refractivity contribution in [3.8, 4) is 11.1 Å². The normalized spacial score (nSPS) is 14.7. The number of rotatable bonds is 2. The number of nitrogens with zero attached hydrogens (tertiary/aromatic N) is 1. The molecule has 0 unspecified atom stereocenters. The molecule has 1 aliphatic heterocycles. The molecule has 5 aromatic rings. The molecule has 0 amide bonds. The fourth-order valence-electron chi connectivity index (χ4n) is 4.30. The molecule has 0 radical (unpaired) electrons. The minimum atomic E-state index is -0.0279. The van der Waals surface area contributed by atoms with Crippen molar-refractivity contribution in [2.45, 2.75) is 0 Å². The highest BCUT2D eigenvalue weighted by Crippen LogP contribution is 2.42.